The topological polar surface area (TPSA) is 93.3 Å². The molecule has 2 heterocycles. The molecule has 1 atom stereocenters. The number of hydrogen-bond donors (Lipinski definition) is 1. The molecule has 0 saturated carbocycles. The highest BCUT2D eigenvalue weighted by Crippen LogP contribution is 2.29. The fraction of sp³-hybridized carbons (Fsp3) is 0.238. The lowest BCUT2D eigenvalue weighted by Crippen LogP contribution is -2.26. The Bertz CT molecular complexity index is 1050. The summed E-state index contributed by atoms with van der Waals surface area (Å²) in [6, 6.07) is 14.7. The predicted molar refractivity (Wildman–Crippen MR) is 110 cm³/mol. The van der Waals surface area contributed by atoms with E-state index in [0.717, 1.165) is 25.2 Å². The molecule has 0 spiro atoms. The first kappa shape index (κ1) is 18.7. The van der Waals surface area contributed by atoms with Crippen molar-refractivity contribution in [3.63, 3.8) is 0 Å². The first-order valence-corrected chi connectivity index (χ1v) is 9.40. The van der Waals surface area contributed by atoms with Crippen LogP contribution in [0.15, 0.2) is 60.9 Å². The molecule has 3 aromatic rings. The van der Waals surface area contributed by atoms with Crippen LogP contribution < -0.4 is 10.2 Å². The van der Waals surface area contributed by atoms with Crippen LogP contribution in [0.1, 0.15) is 22.6 Å². The van der Waals surface area contributed by atoms with Gasteiger partial charge in [0.05, 0.1) is 4.92 Å². The number of rotatable bonds is 6. The van der Waals surface area contributed by atoms with Gasteiger partial charge in [-0.05, 0) is 30.7 Å². The monoisotopic (exact) mass is 391 g/mol. The molecule has 0 radical (unpaired) electrons. The van der Waals surface area contributed by atoms with Crippen molar-refractivity contribution in [2.75, 3.05) is 23.3 Å². The minimum absolute atomic E-state index is 0.0880. The Kier molecular flexibility index (Phi) is 4.99. The molecule has 1 aliphatic rings. The standard InChI is InChI=1S/C21H21N5O3/c1-24-12-10-22-21(24)20(27)15-7-8-18(19(13-15)26(28)29)23-16-9-11-25(14-16)17-5-3-2-4-6-17/h2-8,10,12-13,16,23H,9,11,14H2,1H3. The maximum absolute atomic E-state index is 12.6. The summed E-state index contributed by atoms with van der Waals surface area (Å²) < 4.78 is 1.59. The smallest absolute Gasteiger partial charge is 0.293 e. The molecule has 4 rings (SSSR count). The number of aryl methyl sites for hydroxylation is 1. The molecule has 1 aromatic heterocycles. The van der Waals surface area contributed by atoms with Gasteiger partial charge in [-0.3, -0.25) is 14.9 Å². The Labute approximate surface area is 167 Å². The molecule has 2 aromatic carbocycles. The highest BCUT2D eigenvalue weighted by atomic mass is 16.6. The van der Waals surface area contributed by atoms with Crippen LogP contribution >= 0.6 is 0 Å². The average Bonchev–Trinajstić information content (AvgIpc) is 3.37. The Hall–Kier alpha value is -3.68. The van der Waals surface area contributed by atoms with E-state index in [-0.39, 0.29) is 28.9 Å². The van der Waals surface area contributed by atoms with Crippen molar-refractivity contribution in [2.24, 2.45) is 7.05 Å². The van der Waals surface area contributed by atoms with Gasteiger partial charge >= 0.3 is 0 Å². The normalized spacial score (nSPS) is 16.0. The zero-order valence-corrected chi connectivity index (χ0v) is 16.0. The molecule has 148 valence electrons. The first-order chi connectivity index (χ1) is 14.0. The maximum Gasteiger partial charge on any atom is 0.293 e. The van der Waals surface area contributed by atoms with Gasteiger partial charge in [0.15, 0.2) is 5.82 Å². The van der Waals surface area contributed by atoms with E-state index >= 15 is 0 Å². The van der Waals surface area contributed by atoms with E-state index in [0.29, 0.717) is 5.69 Å². The summed E-state index contributed by atoms with van der Waals surface area (Å²) in [6.45, 7) is 1.64. The number of benzene rings is 2. The quantitative estimate of drug-likeness (QED) is 0.394. The Morgan fingerprint density at radius 3 is 2.72 bits per heavy atom. The third-order valence-corrected chi connectivity index (χ3v) is 5.15. The van der Waals surface area contributed by atoms with Crippen LogP contribution in [-0.4, -0.2) is 39.4 Å². The number of aromatic nitrogens is 2. The van der Waals surface area contributed by atoms with Gasteiger partial charge in [-0.2, -0.15) is 0 Å². The predicted octanol–water partition coefficient (Wildman–Crippen LogP) is 3.25. The number of nitrogens with one attached hydrogen (secondary N) is 1. The first-order valence-electron chi connectivity index (χ1n) is 9.40. The summed E-state index contributed by atoms with van der Waals surface area (Å²) in [7, 11) is 1.71. The van der Waals surface area contributed by atoms with Crippen LogP contribution in [0.3, 0.4) is 0 Å². The van der Waals surface area contributed by atoms with Crippen molar-refractivity contribution in [2.45, 2.75) is 12.5 Å². The van der Waals surface area contributed by atoms with E-state index in [1.807, 2.05) is 18.2 Å². The molecule has 1 fully saturated rings. The number of hydrogen-bond acceptors (Lipinski definition) is 6. The lowest BCUT2D eigenvalue weighted by atomic mass is 10.1. The molecular weight excluding hydrogens is 370 g/mol. The highest BCUT2D eigenvalue weighted by molar-refractivity contribution is 6.07. The minimum atomic E-state index is -0.457. The molecule has 1 N–H and O–H groups in total. The van der Waals surface area contributed by atoms with Gasteiger partial charge in [-0.25, -0.2) is 4.98 Å². The van der Waals surface area contributed by atoms with Crippen LogP contribution in [0.5, 0.6) is 0 Å². The second-order valence-corrected chi connectivity index (χ2v) is 7.09. The number of carbonyl (C=O) groups is 1. The van der Waals surface area contributed by atoms with Gasteiger partial charge in [-0.15, -0.1) is 0 Å². The lowest BCUT2D eigenvalue weighted by Gasteiger charge is -2.19. The second-order valence-electron chi connectivity index (χ2n) is 7.09. The number of ketones is 1. The third-order valence-electron chi connectivity index (χ3n) is 5.15. The zero-order valence-electron chi connectivity index (χ0n) is 16.0. The fourth-order valence-electron chi connectivity index (χ4n) is 3.63. The number of nitrogens with zero attached hydrogens (tertiary/aromatic N) is 4. The molecule has 29 heavy (non-hydrogen) atoms. The number of nitro groups is 1. The van der Waals surface area contributed by atoms with Gasteiger partial charge in [0.2, 0.25) is 5.78 Å². The average molecular weight is 391 g/mol. The maximum atomic E-state index is 12.6. The van der Waals surface area contributed by atoms with Crippen molar-refractivity contribution < 1.29 is 9.72 Å². The Morgan fingerprint density at radius 2 is 2.03 bits per heavy atom. The van der Waals surface area contributed by atoms with E-state index in [4.69, 9.17) is 0 Å². The van der Waals surface area contributed by atoms with Crippen LogP contribution in [0.4, 0.5) is 17.1 Å². The molecule has 0 amide bonds. The Morgan fingerprint density at radius 1 is 1.24 bits per heavy atom. The molecule has 1 aliphatic heterocycles. The Balaban J connectivity index is 1.53. The highest BCUT2D eigenvalue weighted by Gasteiger charge is 2.26. The molecule has 8 nitrogen and oxygen atoms in total. The SMILES string of the molecule is Cn1ccnc1C(=O)c1ccc(NC2CCN(c3ccccc3)C2)c([N+](=O)[O-])c1. The van der Waals surface area contributed by atoms with E-state index in [1.54, 1.807) is 29.9 Å². The van der Waals surface area contributed by atoms with E-state index < -0.39 is 4.92 Å². The number of anilines is 2. The number of nitro benzene ring substituents is 1. The van der Waals surface area contributed by atoms with E-state index in [1.165, 1.54) is 12.3 Å². The summed E-state index contributed by atoms with van der Waals surface area (Å²) in [6.07, 6.45) is 4.06. The zero-order chi connectivity index (χ0) is 20.4. The largest absolute Gasteiger partial charge is 0.375 e. The summed E-state index contributed by atoms with van der Waals surface area (Å²) in [5.41, 5.74) is 1.70. The van der Waals surface area contributed by atoms with Crippen molar-refractivity contribution in [1.29, 1.82) is 0 Å². The van der Waals surface area contributed by atoms with Crippen LogP contribution in [0.25, 0.3) is 0 Å². The third kappa shape index (κ3) is 3.82. The van der Waals surface area contributed by atoms with Gasteiger partial charge in [-0.1, -0.05) is 18.2 Å². The number of imidazole rings is 1. The van der Waals surface area contributed by atoms with E-state index in [9.17, 15) is 14.9 Å². The van der Waals surface area contributed by atoms with Crippen molar-refractivity contribution in [1.82, 2.24) is 9.55 Å². The van der Waals surface area contributed by atoms with Crippen LogP contribution in [0.2, 0.25) is 0 Å². The molecule has 0 aliphatic carbocycles. The molecule has 8 heteroatoms. The van der Waals surface area contributed by atoms with Crippen molar-refractivity contribution in [3.05, 3.63) is 82.4 Å². The van der Waals surface area contributed by atoms with Crippen molar-refractivity contribution in [3.8, 4) is 0 Å². The number of carbonyl (C=O) groups excluding carboxylic acids is 1. The minimum Gasteiger partial charge on any atom is -0.375 e. The fourth-order valence-corrected chi connectivity index (χ4v) is 3.63. The van der Waals surface area contributed by atoms with Gasteiger partial charge < -0.3 is 14.8 Å². The molecular formula is C21H21N5O3. The lowest BCUT2D eigenvalue weighted by molar-refractivity contribution is -0.384. The van der Waals surface area contributed by atoms with Gasteiger partial charge in [0.25, 0.3) is 5.69 Å². The second kappa shape index (κ2) is 7.75. The van der Waals surface area contributed by atoms with Gasteiger partial charge in [0.1, 0.15) is 5.69 Å². The summed E-state index contributed by atoms with van der Waals surface area (Å²) in [5, 5.41) is 14.9. The molecule has 1 saturated heterocycles. The van der Waals surface area contributed by atoms with Crippen molar-refractivity contribution >= 4 is 22.8 Å². The van der Waals surface area contributed by atoms with Crippen LogP contribution in [-0.2, 0) is 7.05 Å². The molecule has 1 unspecified atom stereocenters. The van der Waals surface area contributed by atoms with Crippen LogP contribution in [0, 0.1) is 10.1 Å². The molecule has 0 bridgehead atoms. The number of para-hydroxylation sites is 1. The van der Waals surface area contributed by atoms with Gasteiger partial charge in [0, 0.05) is 55.9 Å². The summed E-state index contributed by atoms with van der Waals surface area (Å²) in [4.78, 5) is 30.1. The summed E-state index contributed by atoms with van der Waals surface area (Å²) >= 11 is 0. The van der Waals surface area contributed by atoms with E-state index in [2.05, 4.69) is 27.3 Å². The summed E-state index contributed by atoms with van der Waals surface area (Å²) in [5.74, 6) is -0.0995.